The maximum Gasteiger partial charge on any atom is 0.272 e. The van der Waals surface area contributed by atoms with Gasteiger partial charge in [-0.2, -0.15) is 0 Å². The molecule has 0 atom stereocenters. The lowest BCUT2D eigenvalue weighted by atomic mass is 9.99. The van der Waals surface area contributed by atoms with Gasteiger partial charge in [-0.1, -0.05) is 30.7 Å². The summed E-state index contributed by atoms with van der Waals surface area (Å²) in [6.45, 7) is 5.71. The van der Waals surface area contributed by atoms with Gasteiger partial charge in [0.25, 0.3) is 11.8 Å². The van der Waals surface area contributed by atoms with Gasteiger partial charge in [-0.3, -0.25) is 9.59 Å². The average Bonchev–Trinajstić information content (AvgIpc) is 2.82. The first-order chi connectivity index (χ1) is 12.3. The molecule has 0 saturated carbocycles. The van der Waals surface area contributed by atoms with Crippen LogP contribution in [0.3, 0.4) is 0 Å². The van der Waals surface area contributed by atoms with Crippen LogP contribution >= 0.6 is 11.8 Å². The van der Waals surface area contributed by atoms with Crippen LogP contribution in [0.1, 0.15) is 23.6 Å². The number of imide groups is 1. The summed E-state index contributed by atoms with van der Waals surface area (Å²) in [6.07, 6.45) is 0. The summed E-state index contributed by atoms with van der Waals surface area (Å²) in [5.41, 5.74) is 2.93. The zero-order valence-corrected chi connectivity index (χ0v) is 15.4. The molecule has 1 heterocycles. The summed E-state index contributed by atoms with van der Waals surface area (Å²) >= 11 is 1.27. The third-order valence-electron chi connectivity index (χ3n) is 4.14. The van der Waals surface area contributed by atoms with Gasteiger partial charge in [0.05, 0.1) is 16.2 Å². The number of aryl methyl sites for hydroxylation is 2. The number of nitrogens with zero attached hydrogens (tertiary/aromatic N) is 1. The van der Waals surface area contributed by atoms with Gasteiger partial charge in [0.1, 0.15) is 0 Å². The Labute approximate surface area is 154 Å². The Hall–Kier alpha value is -2.47. The highest BCUT2D eigenvalue weighted by Gasteiger charge is 2.40. The first-order valence-electron chi connectivity index (χ1n) is 8.13. The molecule has 3 rings (SSSR count). The van der Waals surface area contributed by atoms with E-state index in [-0.39, 0.29) is 5.69 Å². The highest BCUT2D eigenvalue weighted by atomic mass is 32.2. The van der Waals surface area contributed by atoms with Crippen LogP contribution in [0.25, 0.3) is 5.57 Å². The van der Waals surface area contributed by atoms with Gasteiger partial charge < -0.3 is 0 Å². The van der Waals surface area contributed by atoms with E-state index in [0.29, 0.717) is 21.8 Å². The summed E-state index contributed by atoms with van der Waals surface area (Å²) in [6, 6.07) is 8.64. The van der Waals surface area contributed by atoms with Crippen molar-refractivity contribution in [1.29, 1.82) is 0 Å². The van der Waals surface area contributed by atoms with Crippen molar-refractivity contribution in [2.75, 3.05) is 10.7 Å². The molecule has 0 fully saturated rings. The Morgan fingerprint density at radius 1 is 0.962 bits per heavy atom. The van der Waals surface area contributed by atoms with Crippen LogP contribution < -0.4 is 4.90 Å². The number of halogens is 2. The van der Waals surface area contributed by atoms with E-state index in [4.69, 9.17) is 0 Å². The van der Waals surface area contributed by atoms with Crippen LogP contribution in [0.15, 0.2) is 41.3 Å². The molecule has 0 unspecified atom stereocenters. The van der Waals surface area contributed by atoms with E-state index in [1.54, 1.807) is 0 Å². The Bertz CT molecular complexity index is 953. The molecule has 0 bridgehead atoms. The van der Waals surface area contributed by atoms with Crippen molar-refractivity contribution < 1.29 is 18.4 Å². The van der Waals surface area contributed by atoms with E-state index in [1.807, 2.05) is 39.0 Å². The van der Waals surface area contributed by atoms with E-state index < -0.39 is 23.4 Å². The highest BCUT2D eigenvalue weighted by molar-refractivity contribution is 8.04. The monoisotopic (exact) mass is 373 g/mol. The van der Waals surface area contributed by atoms with Crippen LogP contribution in [-0.2, 0) is 9.59 Å². The quantitative estimate of drug-likeness (QED) is 0.734. The number of hydrogen-bond donors (Lipinski definition) is 0. The molecular formula is C20H17F2NO2S. The number of carbonyl (C=O) groups is 2. The van der Waals surface area contributed by atoms with Crippen molar-refractivity contribution in [2.45, 2.75) is 20.8 Å². The highest BCUT2D eigenvalue weighted by Crippen LogP contribution is 2.39. The Kier molecular flexibility index (Phi) is 4.96. The maximum atomic E-state index is 13.6. The van der Waals surface area contributed by atoms with Crippen LogP contribution in [0.5, 0.6) is 0 Å². The SMILES string of the molecule is CCSC1=C(c2ccc(C)cc2C)C(=O)N(c2ccc(F)c(F)c2)C1=O. The van der Waals surface area contributed by atoms with Crippen molar-refractivity contribution in [3.05, 3.63) is 69.6 Å². The third-order valence-corrected chi connectivity index (χ3v) is 5.10. The number of amides is 2. The van der Waals surface area contributed by atoms with Crippen LogP contribution in [-0.4, -0.2) is 17.6 Å². The lowest BCUT2D eigenvalue weighted by Crippen LogP contribution is -2.31. The topological polar surface area (TPSA) is 37.4 Å². The Balaban J connectivity index is 2.13. The molecule has 0 saturated heterocycles. The molecule has 0 spiro atoms. The zero-order valence-electron chi connectivity index (χ0n) is 14.6. The molecule has 0 radical (unpaired) electrons. The summed E-state index contributed by atoms with van der Waals surface area (Å²) in [5, 5.41) is 0. The van der Waals surface area contributed by atoms with Gasteiger partial charge in [0, 0.05) is 6.07 Å². The van der Waals surface area contributed by atoms with Crippen molar-refractivity contribution in [2.24, 2.45) is 0 Å². The number of benzene rings is 2. The van der Waals surface area contributed by atoms with E-state index >= 15 is 0 Å². The first kappa shape index (κ1) is 18.3. The molecule has 3 nitrogen and oxygen atoms in total. The molecular weight excluding hydrogens is 356 g/mol. The number of carbonyl (C=O) groups excluding carboxylic acids is 2. The van der Waals surface area contributed by atoms with Crippen LogP contribution in [0.2, 0.25) is 0 Å². The maximum absolute atomic E-state index is 13.6. The van der Waals surface area contributed by atoms with Gasteiger partial charge in [-0.15, -0.1) is 11.8 Å². The average molecular weight is 373 g/mol. The smallest absolute Gasteiger partial charge is 0.268 e. The largest absolute Gasteiger partial charge is 0.272 e. The molecule has 0 N–H and O–H groups in total. The van der Waals surface area contributed by atoms with Crippen molar-refractivity contribution >= 4 is 34.8 Å². The number of rotatable bonds is 4. The molecule has 1 aliphatic rings. The summed E-state index contributed by atoms with van der Waals surface area (Å²) in [5.74, 6) is -2.56. The predicted molar refractivity (Wildman–Crippen MR) is 99.8 cm³/mol. The number of hydrogen-bond acceptors (Lipinski definition) is 3. The normalized spacial score (nSPS) is 14.6. The van der Waals surface area contributed by atoms with Gasteiger partial charge in [0.15, 0.2) is 11.6 Å². The van der Waals surface area contributed by atoms with Gasteiger partial charge >= 0.3 is 0 Å². The van der Waals surface area contributed by atoms with Gasteiger partial charge in [-0.25, -0.2) is 13.7 Å². The summed E-state index contributed by atoms with van der Waals surface area (Å²) < 4.78 is 26.8. The molecule has 0 aliphatic carbocycles. The summed E-state index contributed by atoms with van der Waals surface area (Å²) in [4.78, 5) is 27.2. The van der Waals surface area contributed by atoms with Crippen molar-refractivity contribution in [1.82, 2.24) is 0 Å². The minimum Gasteiger partial charge on any atom is -0.268 e. The Morgan fingerprint density at radius 3 is 2.31 bits per heavy atom. The molecule has 1 aliphatic heterocycles. The predicted octanol–water partition coefficient (Wildman–Crippen LogP) is 4.62. The molecule has 2 amide bonds. The summed E-state index contributed by atoms with van der Waals surface area (Å²) in [7, 11) is 0. The molecule has 134 valence electrons. The minimum atomic E-state index is -1.10. The lowest BCUT2D eigenvalue weighted by molar-refractivity contribution is -0.119. The standard InChI is InChI=1S/C20H17F2NO2S/c1-4-26-18-17(14-7-5-11(2)9-12(14)3)19(24)23(20(18)25)13-6-8-15(21)16(22)10-13/h5-10H,4H2,1-3H3. The van der Waals surface area contributed by atoms with Crippen LogP contribution in [0.4, 0.5) is 14.5 Å². The second-order valence-corrected chi connectivity index (χ2v) is 7.27. The van der Waals surface area contributed by atoms with E-state index in [1.165, 1.54) is 17.8 Å². The minimum absolute atomic E-state index is 0.0212. The zero-order chi connectivity index (χ0) is 19.0. The fourth-order valence-corrected chi connectivity index (χ4v) is 3.82. The Morgan fingerprint density at radius 2 is 1.69 bits per heavy atom. The van der Waals surface area contributed by atoms with Crippen molar-refractivity contribution in [3.63, 3.8) is 0 Å². The molecule has 2 aromatic rings. The van der Waals surface area contributed by atoms with Gasteiger partial charge in [0.2, 0.25) is 0 Å². The molecule has 0 aromatic heterocycles. The first-order valence-corrected chi connectivity index (χ1v) is 9.12. The third kappa shape index (κ3) is 3.05. The van der Waals surface area contributed by atoms with E-state index in [2.05, 4.69) is 0 Å². The van der Waals surface area contributed by atoms with E-state index in [0.717, 1.165) is 28.2 Å². The fraction of sp³-hybridized carbons (Fsp3) is 0.200. The molecule has 2 aromatic carbocycles. The number of anilines is 1. The number of thioether (sulfide) groups is 1. The van der Waals surface area contributed by atoms with Gasteiger partial charge in [-0.05, 0) is 42.9 Å². The lowest BCUT2D eigenvalue weighted by Gasteiger charge is -2.15. The fourth-order valence-electron chi connectivity index (χ4n) is 2.98. The second kappa shape index (κ2) is 7.03. The molecule has 6 heteroatoms. The van der Waals surface area contributed by atoms with Crippen molar-refractivity contribution in [3.8, 4) is 0 Å². The second-order valence-electron chi connectivity index (χ2n) is 6.00. The van der Waals surface area contributed by atoms with Crippen LogP contribution in [0, 0.1) is 25.5 Å². The molecule has 26 heavy (non-hydrogen) atoms. The van der Waals surface area contributed by atoms with E-state index in [9.17, 15) is 18.4 Å².